The van der Waals surface area contributed by atoms with Crippen molar-refractivity contribution < 1.29 is 24.5 Å². The largest absolute Gasteiger partial charge is 0.466 e. The highest BCUT2D eigenvalue weighted by Gasteiger charge is 2.18. The minimum absolute atomic E-state index is 0.0261. The molecule has 0 saturated carbocycles. The monoisotopic (exact) mass is 774 g/mol. The van der Waals surface area contributed by atoms with Gasteiger partial charge < -0.3 is 20.3 Å². The molecule has 0 aliphatic rings. The quantitative estimate of drug-likeness (QED) is 0.0326. The summed E-state index contributed by atoms with van der Waals surface area (Å²) in [5.41, 5.74) is 0. The van der Waals surface area contributed by atoms with E-state index in [1.54, 1.807) is 6.08 Å². The zero-order chi connectivity index (χ0) is 40.1. The molecule has 0 aliphatic heterocycles. The molecule has 0 aliphatic carbocycles. The van der Waals surface area contributed by atoms with E-state index in [0.29, 0.717) is 19.4 Å². The number of aliphatic hydroxyl groups excluding tert-OH is 2. The number of hydrogen-bond donors (Lipinski definition) is 3. The van der Waals surface area contributed by atoms with Crippen LogP contribution in [-0.4, -0.2) is 47.4 Å². The Balaban J connectivity index is 3.57. The van der Waals surface area contributed by atoms with Gasteiger partial charge in [-0.1, -0.05) is 185 Å². The van der Waals surface area contributed by atoms with Gasteiger partial charge in [-0.05, 0) is 77.0 Å². The van der Waals surface area contributed by atoms with Crippen molar-refractivity contribution in [2.24, 2.45) is 0 Å². The fourth-order valence-electron chi connectivity index (χ4n) is 6.90. The first-order valence-electron chi connectivity index (χ1n) is 23.8. The van der Waals surface area contributed by atoms with Crippen molar-refractivity contribution in [1.29, 1.82) is 0 Å². The fourth-order valence-corrected chi connectivity index (χ4v) is 6.90. The summed E-state index contributed by atoms with van der Waals surface area (Å²) >= 11 is 0. The number of hydrogen-bond acceptors (Lipinski definition) is 5. The number of unbranched alkanes of at least 4 members (excludes halogenated alkanes) is 28. The normalized spacial score (nSPS) is 13.0. The Bertz CT molecular complexity index is 900. The zero-order valence-electron chi connectivity index (χ0n) is 36.4. The van der Waals surface area contributed by atoms with E-state index in [2.05, 4.69) is 43.5 Å². The Morgan fingerprint density at radius 1 is 0.491 bits per heavy atom. The summed E-state index contributed by atoms with van der Waals surface area (Å²) in [6, 6.07) is -0.647. The summed E-state index contributed by atoms with van der Waals surface area (Å²) in [6.07, 6.45) is 52.7. The summed E-state index contributed by atoms with van der Waals surface area (Å²) in [6.45, 7) is 4.80. The average Bonchev–Trinajstić information content (AvgIpc) is 3.18. The third-order valence-corrected chi connectivity index (χ3v) is 10.6. The molecule has 1 amide bonds. The molecule has 55 heavy (non-hydrogen) atoms. The van der Waals surface area contributed by atoms with Gasteiger partial charge in [-0.3, -0.25) is 9.59 Å². The van der Waals surface area contributed by atoms with Crippen molar-refractivity contribution in [1.82, 2.24) is 5.32 Å². The van der Waals surface area contributed by atoms with Gasteiger partial charge >= 0.3 is 5.97 Å². The predicted molar refractivity (Wildman–Crippen MR) is 236 cm³/mol. The third kappa shape index (κ3) is 41.5. The van der Waals surface area contributed by atoms with Gasteiger partial charge in [0.05, 0.1) is 25.4 Å². The molecule has 0 spiro atoms. The summed E-state index contributed by atoms with van der Waals surface area (Å²) in [5.74, 6) is -0.126. The molecular formula is C49H91NO5. The number of allylic oxidation sites excluding steroid dienone is 5. The number of amides is 1. The highest BCUT2D eigenvalue weighted by molar-refractivity contribution is 5.76. The molecule has 0 rings (SSSR count). The highest BCUT2D eigenvalue weighted by atomic mass is 16.5. The number of ether oxygens (including phenoxy) is 1. The molecule has 6 heteroatoms. The van der Waals surface area contributed by atoms with E-state index in [1.165, 1.54) is 141 Å². The van der Waals surface area contributed by atoms with Crippen LogP contribution in [0.3, 0.4) is 0 Å². The SMILES string of the molecule is CCCC/C=C\CCCCCCCC(=O)OCCCCCCCC/C=C\CCCCCC(=O)NC(CO)C(O)/C=C/CCCCCCCCCCCCCC. The fraction of sp³-hybridized carbons (Fsp3) is 0.837. The van der Waals surface area contributed by atoms with Crippen molar-refractivity contribution in [3.63, 3.8) is 0 Å². The summed E-state index contributed by atoms with van der Waals surface area (Å²) in [4.78, 5) is 24.3. The molecule has 0 heterocycles. The second-order valence-electron chi connectivity index (χ2n) is 16.1. The summed E-state index contributed by atoms with van der Waals surface area (Å²) in [7, 11) is 0. The summed E-state index contributed by atoms with van der Waals surface area (Å²) in [5, 5.41) is 23.0. The second-order valence-corrected chi connectivity index (χ2v) is 16.1. The number of aliphatic hydroxyl groups is 2. The van der Waals surface area contributed by atoms with E-state index in [1.807, 2.05) is 6.08 Å². The Morgan fingerprint density at radius 3 is 1.36 bits per heavy atom. The van der Waals surface area contributed by atoms with Crippen LogP contribution in [0.5, 0.6) is 0 Å². The first-order valence-corrected chi connectivity index (χ1v) is 23.8. The zero-order valence-corrected chi connectivity index (χ0v) is 36.4. The van der Waals surface area contributed by atoms with Crippen LogP contribution in [0.1, 0.15) is 239 Å². The molecule has 0 saturated heterocycles. The highest BCUT2D eigenvalue weighted by Crippen LogP contribution is 2.14. The third-order valence-electron chi connectivity index (χ3n) is 10.6. The predicted octanol–water partition coefficient (Wildman–Crippen LogP) is 13.7. The maximum Gasteiger partial charge on any atom is 0.305 e. The van der Waals surface area contributed by atoms with Gasteiger partial charge in [0, 0.05) is 12.8 Å². The van der Waals surface area contributed by atoms with Crippen molar-refractivity contribution >= 4 is 11.9 Å². The van der Waals surface area contributed by atoms with Gasteiger partial charge in [-0.2, -0.15) is 0 Å². The maximum atomic E-state index is 12.4. The Hall–Kier alpha value is -1.92. The molecule has 0 aromatic heterocycles. The Morgan fingerprint density at radius 2 is 0.873 bits per heavy atom. The lowest BCUT2D eigenvalue weighted by Crippen LogP contribution is -2.45. The average molecular weight is 774 g/mol. The number of esters is 1. The standard InChI is InChI=1S/C49H91NO5/c1-3-5-7-9-11-13-15-16-18-22-25-29-33-37-41-47(52)46(45-51)50-48(53)42-38-34-30-26-23-19-17-20-24-28-32-36-40-44-55-49(54)43-39-35-31-27-21-14-12-10-8-6-4-2/h10,12,19,23,37,41,46-47,51-52H,3-9,11,13-18,20-22,24-36,38-40,42-45H2,1-2H3,(H,50,53)/b12-10-,23-19-,41-37+. The number of rotatable bonds is 43. The van der Waals surface area contributed by atoms with Crippen LogP contribution in [0.2, 0.25) is 0 Å². The molecule has 0 fully saturated rings. The molecule has 0 aromatic rings. The van der Waals surface area contributed by atoms with Gasteiger partial charge in [0.1, 0.15) is 0 Å². The maximum absolute atomic E-state index is 12.4. The van der Waals surface area contributed by atoms with Crippen LogP contribution in [0.15, 0.2) is 36.5 Å². The first kappa shape index (κ1) is 53.1. The van der Waals surface area contributed by atoms with Crippen molar-refractivity contribution in [3.05, 3.63) is 36.5 Å². The second kappa shape index (κ2) is 44.8. The van der Waals surface area contributed by atoms with Gasteiger partial charge in [-0.15, -0.1) is 0 Å². The molecule has 0 radical (unpaired) electrons. The Kier molecular flexibility index (Phi) is 43.2. The van der Waals surface area contributed by atoms with Gasteiger partial charge in [0.15, 0.2) is 0 Å². The minimum Gasteiger partial charge on any atom is -0.466 e. The topological polar surface area (TPSA) is 95.9 Å². The van der Waals surface area contributed by atoms with Crippen LogP contribution in [0.4, 0.5) is 0 Å². The molecule has 3 N–H and O–H groups in total. The smallest absolute Gasteiger partial charge is 0.305 e. The minimum atomic E-state index is -0.861. The molecule has 2 unspecified atom stereocenters. The van der Waals surface area contributed by atoms with Crippen LogP contribution >= 0.6 is 0 Å². The lowest BCUT2D eigenvalue weighted by molar-refractivity contribution is -0.143. The Labute approximate surface area is 341 Å². The van der Waals surface area contributed by atoms with Crippen LogP contribution in [0, 0.1) is 0 Å². The van der Waals surface area contributed by atoms with Crippen molar-refractivity contribution in [2.45, 2.75) is 251 Å². The van der Waals surface area contributed by atoms with Crippen molar-refractivity contribution in [3.8, 4) is 0 Å². The lowest BCUT2D eigenvalue weighted by Gasteiger charge is -2.19. The molecule has 2 atom stereocenters. The van der Waals surface area contributed by atoms with E-state index in [4.69, 9.17) is 4.74 Å². The molecule has 0 bridgehead atoms. The van der Waals surface area contributed by atoms with Crippen LogP contribution in [0.25, 0.3) is 0 Å². The van der Waals surface area contributed by atoms with E-state index in [9.17, 15) is 19.8 Å². The van der Waals surface area contributed by atoms with Crippen LogP contribution < -0.4 is 5.32 Å². The van der Waals surface area contributed by atoms with E-state index < -0.39 is 12.1 Å². The van der Waals surface area contributed by atoms with E-state index in [-0.39, 0.29) is 18.5 Å². The summed E-state index contributed by atoms with van der Waals surface area (Å²) < 4.78 is 5.42. The number of nitrogens with one attached hydrogen (secondary N) is 1. The number of carbonyl (C=O) groups is 2. The van der Waals surface area contributed by atoms with E-state index >= 15 is 0 Å². The van der Waals surface area contributed by atoms with Gasteiger partial charge in [0.2, 0.25) is 5.91 Å². The molecule has 6 nitrogen and oxygen atoms in total. The molecule has 322 valence electrons. The van der Waals surface area contributed by atoms with Gasteiger partial charge in [-0.25, -0.2) is 0 Å². The lowest BCUT2D eigenvalue weighted by atomic mass is 10.0. The van der Waals surface area contributed by atoms with Crippen LogP contribution in [-0.2, 0) is 14.3 Å². The first-order chi connectivity index (χ1) is 27.0. The van der Waals surface area contributed by atoms with E-state index in [0.717, 1.165) is 70.6 Å². The van der Waals surface area contributed by atoms with Gasteiger partial charge in [0.25, 0.3) is 0 Å². The molecular weight excluding hydrogens is 683 g/mol. The number of carbonyl (C=O) groups excluding carboxylic acids is 2. The van der Waals surface area contributed by atoms with Crippen molar-refractivity contribution in [2.75, 3.05) is 13.2 Å². The molecule has 0 aromatic carbocycles.